The van der Waals surface area contributed by atoms with Gasteiger partial charge in [-0.3, -0.25) is 13.9 Å². The van der Waals surface area contributed by atoms with Gasteiger partial charge in [0, 0.05) is 12.6 Å². The zero-order chi connectivity index (χ0) is 27.0. The van der Waals surface area contributed by atoms with Crippen molar-refractivity contribution < 1.29 is 22.7 Å². The molecule has 2 unspecified atom stereocenters. The summed E-state index contributed by atoms with van der Waals surface area (Å²) in [6.07, 6.45) is 2.19. The van der Waals surface area contributed by atoms with Crippen molar-refractivity contribution in [2.24, 2.45) is 0 Å². The first-order valence-corrected chi connectivity index (χ1v) is 14.0. The summed E-state index contributed by atoms with van der Waals surface area (Å²) in [4.78, 5) is 28.5. The Morgan fingerprint density at radius 1 is 1.03 bits per heavy atom. The van der Waals surface area contributed by atoms with Crippen LogP contribution in [0.15, 0.2) is 42.5 Å². The topological polar surface area (TPSA) is 96.0 Å². The first kappa shape index (κ1) is 29.2. The highest BCUT2D eigenvalue weighted by Gasteiger charge is 2.33. The molecule has 2 atom stereocenters. The average molecular weight is 518 g/mol. The minimum atomic E-state index is -3.85. The number of rotatable bonds is 12. The van der Waals surface area contributed by atoms with Crippen LogP contribution in [0.25, 0.3) is 0 Å². The fourth-order valence-electron chi connectivity index (χ4n) is 3.96. The van der Waals surface area contributed by atoms with E-state index in [-0.39, 0.29) is 24.2 Å². The maximum Gasteiger partial charge on any atom is 0.244 e. The molecule has 0 aliphatic heterocycles. The van der Waals surface area contributed by atoms with Crippen LogP contribution in [-0.4, -0.2) is 57.1 Å². The molecule has 1 N–H and O–H groups in total. The van der Waals surface area contributed by atoms with Crippen molar-refractivity contribution in [2.75, 3.05) is 24.2 Å². The van der Waals surface area contributed by atoms with E-state index in [1.54, 1.807) is 18.2 Å². The maximum absolute atomic E-state index is 13.8. The third kappa shape index (κ3) is 7.71. The quantitative estimate of drug-likeness (QED) is 0.462. The highest BCUT2D eigenvalue weighted by Crippen LogP contribution is 2.31. The van der Waals surface area contributed by atoms with Gasteiger partial charge in [-0.15, -0.1) is 0 Å². The standard InChI is InChI=1S/C27H39N3O5S/c1-8-21(5)28-27(32)23(9-2)29(17-22-12-10-11-19(3)15-22)26(31)18-30(36(7,33)34)24-16-20(4)13-14-25(24)35-6/h10-16,21,23H,8-9,17-18H2,1-7H3,(H,28,32). The molecule has 36 heavy (non-hydrogen) atoms. The Bertz CT molecular complexity index is 1170. The van der Waals surface area contributed by atoms with Gasteiger partial charge in [0.2, 0.25) is 21.8 Å². The summed E-state index contributed by atoms with van der Waals surface area (Å²) >= 11 is 0. The van der Waals surface area contributed by atoms with E-state index in [4.69, 9.17) is 4.74 Å². The lowest BCUT2D eigenvalue weighted by Gasteiger charge is -2.33. The summed E-state index contributed by atoms with van der Waals surface area (Å²) in [5.74, 6) is -0.394. The van der Waals surface area contributed by atoms with E-state index in [0.717, 1.165) is 33.7 Å². The molecule has 0 spiro atoms. The van der Waals surface area contributed by atoms with Gasteiger partial charge in [-0.05, 0) is 56.9 Å². The van der Waals surface area contributed by atoms with Gasteiger partial charge in [0.25, 0.3) is 0 Å². The Kier molecular flexibility index (Phi) is 10.3. The zero-order valence-electron chi connectivity index (χ0n) is 22.4. The summed E-state index contributed by atoms with van der Waals surface area (Å²) in [6, 6.07) is 12.0. The first-order valence-electron chi connectivity index (χ1n) is 12.2. The molecule has 0 saturated heterocycles. The van der Waals surface area contributed by atoms with Crippen LogP contribution in [0.2, 0.25) is 0 Å². The van der Waals surface area contributed by atoms with E-state index in [0.29, 0.717) is 12.2 Å². The summed E-state index contributed by atoms with van der Waals surface area (Å²) < 4.78 is 32.1. The van der Waals surface area contributed by atoms with Crippen LogP contribution < -0.4 is 14.4 Å². The SMILES string of the molecule is CCC(C)NC(=O)C(CC)N(Cc1cccc(C)c1)C(=O)CN(c1cc(C)ccc1OC)S(C)(=O)=O. The Labute approximate surface area is 215 Å². The first-order chi connectivity index (χ1) is 16.9. The number of benzene rings is 2. The molecule has 2 aromatic carbocycles. The van der Waals surface area contributed by atoms with Gasteiger partial charge in [0.15, 0.2) is 0 Å². The number of nitrogens with one attached hydrogen (secondary N) is 1. The van der Waals surface area contributed by atoms with Gasteiger partial charge in [-0.2, -0.15) is 0 Å². The Hall–Kier alpha value is -3.07. The van der Waals surface area contributed by atoms with Gasteiger partial charge in [0.05, 0.1) is 19.1 Å². The summed E-state index contributed by atoms with van der Waals surface area (Å²) in [5.41, 5.74) is 2.99. The largest absolute Gasteiger partial charge is 0.495 e. The van der Waals surface area contributed by atoms with E-state index in [9.17, 15) is 18.0 Å². The number of hydrogen-bond acceptors (Lipinski definition) is 5. The normalized spacial score (nSPS) is 13.0. The van der Waals surface area contributed by atoms with E-state index in [2.05, 4.69) is 5.32 Å². The molecule has 9 heteroatoms. The van der Waals surface area contributed by atoms with Gasteiger partial charge >= 0.3 is 0 Å². The molecule has 0 bridgehead atoms. The van der Waals surface area contributed by atoms with Crippen molar-refractivity contribution >= 4 is 27.5 Å². The Balaban J connectivity index is 2.51. The number of hydrogen-bond donors (Lipinski definition) is 1. The van der Waals surface area contributed by atoms with E-state index in [1.807, 2.05) is 58.9 Å². The van der Waals surface area contributed by atoms with Gasteiger partial charge in [-0.1, -0.05) is 49.7 Å². The fourth-order valence-corrected chi connectivity index (χ4v) is 4.80. The minimum Gasteiger partial charge on any atom is -0.495 e. The van der Waals surface area contributed by atoms with Crippen LogP contribution in [0.1, 0.15) is 50.3 Å². The number of amides is 2. The fraction of sp³-hybridized carbons (Fsp3) is 0.481. The molecule has 8 nitrogen and oxygen atoms in total. The van der Waals surface area contributed by atoms with Gasteiger partial charge in [-0.25, -0.2) is 8.42 Å². The zero-order valence-corrected chi connectivity index (χ0v) is 23.2. The predicted octanol–water partition coefficient (Wildman–Crippen LogP) is 3.80. The molecule has 0 radical (unpaired) electrons. The molecule has 2 aromatic rings. The van der Waals surface area contributed by atoms with Crippen LogP contribution in [0.4, 0.5) is 5.69 Å². The molecule has 0 heterocycles. The number of nitrogens with zero attached hydrogens (tertiary/aromatic N) is 2. The van der Waals surface area contributed by atoms with Crippen molar-refractivity contribution in [3.05, 3.63) is 59.2 Å². The van der Waals surface area contributed by atoms with Crippen molar-refractivity contribution in [1.29, 1.82) is 0 Å². The monoisotopic (exact) mass is 517 g/mol. The van der Waals surface area contributed by atoms with Crippen molar-refractivity contribution in [1.82, 2.24) is 10.2 Å². The van der Waals surface area contributed by atoms with Gasteiger partial charge in [0.1, 0.15) is 18.3 Å². The van der Waals surface area contributed by atoms with Crippen LogP contribution in [0.3, 0.4) is 0 Å². The smallest absolute Gasteiger partial charge is 0.244 e. The van der Waals surface area contributed by atoms with Gasteiger partial charge < -0.3 is 15.0 Å². The number of carbonyl (C=O) groups excluding carboxylic acids is 2. The lowest BCUT2D eigenvalue weighted by molar-refractivity contribution is -0.140. The number of sulfonamides is 1. The van der Waals surface area contributed by atoms with E-state index in [1.165, 1.54) is 12.0 Å². The Morgan fingerprint density at radius 3 is 2.25 bits per heavy atom. The van der Waals surface area contributed by atoms with Crippen molar-refractivity contribution in [2.45, 2.75) is 66.1 Å². The number of methoxy groups -OCH3 is 1. The van der Waals surface area contributed by atoms with E-state index < -0.39 is 28.5 Å². The number of ether oxygens (including phenoxy) is 1. The molecule has 198 valence electrons. The van der Waals surface area contributed by atoms with E-state index >= 15 is 0 Å². The lowest BCUT2D eigenvalue weighted by Crippen LogP contribution is -2.53. The molecule has 0 fully saturated rings. The van der Waals surface area contributed by atoms with Crippen molar-refractivity contribution in [3.8, 4) is 5.75 Å². The highest BCUT2D eigenvalue weighted by molar-refractivity contribution is 7.92. The molecule has 0 saturated carbocycles. The lowest BCUT2D eigenvalue weighted by atomic mass is 10.1. The second-order valence-corrected chi connectivity index (χ2v) is 11.1. The number of carbonyl (C=O) groups is 2. The molecule has 0 aromatic heterocycles. The molecular formula is C27H39N3O5S. The second-order valence-electron chi connectivity index (χ2n) is 9.20. The van der Waals surface area contributed by atoms with Crippen LogP contribution in [0.5, 0.6) is 5.75 Å². The number of anilines is 1. The number of aryl methyl sites for hydroxylation is 2. The third-order valence-corrected chi connectivity index (χ3v) is 7.23. The van der Waals surface area contributed by atoms with Crippen LogP contribution in [-0.2, 0) is 26.2 Å². The summed E-state index contributed by atoms with van der Waals surface area (Å²) in [5, 5.41) is 2.97. The average Bonchev–Trinajstić information content (AvgIpc) is 2.81. The predicted molar refractivity (Wildman–Crippen MR) is 144 cm³/mol. The summed E-state index contributed by atoms with van der Waals surface area (Å²) in [6.45, 7) is 9.23. The molecular weight excluding hydrogens is 478 g/mol. The maximum atomic E-state index is 13.8. The molecule has 0 aliphatic carbocycles. The molecule has 2 amide bonds. The van der Waals surface area contributed by atoms with Crippen LogP contribution in [0, 0.1) is 13.8 Å². The second kappa shape index (κ2) is 12.8. The van der Waals surface area contributed by atoms with Crippen molar-refractivity contribution in [3.63, 3.8) is 0 Å². The van der Waals surface area contributed by atoms with Crippen LogP contribution >= 0.6 is 0 Å². The third-order valence-electron chi connectivity index (χ3n) is 6.10. The highest BCUT2D eigenvalue weighted by atomic mass is 32.2. The summed E-state index contributed by atoms with van der Waals surface area (Å²) in [7, 11) is -2.39. The Morgan fingerprint density at radius 2 is 1.69 bits per heavy atom. The molecule has 2 rings (SSSR count). The molecule has 0 aliphatic rings. The minimum absolute atomic E-state index is 0.0495.